The zero-order chi connectivity index (χ0) is 12.0. The molecule has 16 heavy (non-hydrogen) atoms. The van der Waals surface area contributed by atoms with E-state index < -0.39 is 6.10 Å². The number of nitrogens with zero attached hydrogens (tertiary/aromatic N) is 2. The Kier molecular flexibility index (Phi) is 4.78. The molecule has 4 N–H and O–H groups in total. The SMILES string of the molecule is CCCOc1ncnc(NCC(C)O)c1N. The molecule has 0 fully saturated rings. The molecule has 6 nitrogen and oxygen atoms in total. The van der Waals surface area contributed by atoms with Gasteiger partial charge in [-0.25, -0.2) is 4.98 Å². The summed E-state index contributed by atoms with van der Waals surface area (Å²) >= 11 is 0. The van der Waals surface area contributed by atoms with Gasteiger partial charge < -0.3 is 20.9 Å². The Bertz CT molecular complexity index is 331. The molecule has 1 aromatic rings. The third-order valence-electron chi connectivity index (χ3n) is 1.86. The summed E-state index contributed by atoms with van der Waals surface area (Å²) in [6, 6.07) is 0. The van der Waals surface area contributed by atoms with Crippen LogP contribution in [-0.4, -0.2) is 34.3 Å². The van der Waals surface area contributed by atoms with Crippen LogP contribution in [0.1, 0.15) is 20.3 Å². The molecule has 1 atom stereocenters. The average molecular weight is 226 g/mol. The lowest BCUT2D eigenvalue weighted by atomic mass is 10.4. The number of aliphatic hydroxyl groups excluding tert-OH is 1. The molecule has 0 aliphatic carbocycles. The highest BCUT2D eigenvalue weighted by molar-refractivity contribution is 5.66. The smallest absolute Gasteiger partial charge is 0.242 e. The second-order valence-electron chi connectivity index (χ2n) is 3.52. The number of hydrogen-bond acceptors (Lipinski definition) is 6. The summed E-state index contributed by atoms with van der Waals surface area (Å²) in [4.78, 5) is 7.92. The number of ether oxygens (including phenoxy) is 1. The van der Waals surface area contributed by atoms with Crippen LogP contribution in [0.5, 0.6) is 5.88 Å². The van der Waals surface area contributed by atoms with Crippen LogP contribution < -0.4 is 15.8 Å². The fraction of sp³-hybridized carbons (Fsp3) is 0.600. The Morgan fingerprint density at radius 1 is 1.56 bits per heavy atom. The van der Waals surface area contributed by atoms with E-state index in [0.29, 0.717) is 30.5 Å². The van der Waals surface area contributed by atoms with Gasteiger partial charge in [0.05, 0.1) is 12.7 Å². The first kappa shape index (κ1) is 12.5. The third kappa shape index (κ3) is 3.54. The molecule has 6 heteroatoms. The first-order chi connectivity index (χ1) is 7.65. The van der Waals surface area contributed by atoms with Gasteiger partial charge in [0.25, 0.3) is 0 Å². The van der Waals surface area contributed by atoms with Crippen LogP contribution in [0.2, 0.25) is 0 Å². The standard InChI is InChI=1S/C10H18N4O2/c1-3-4-16-10-8(11)9(13-6-14-10)12-5-7(2)15/h6-7,15H,3-5,11H2,1-2H3,(H,12,13,14). The van der Waals surface area contributed by atoms with Crippen molar-refractivity contribution in [2.24, 2.45) is 0 Å². The molecule has 1 rings (SSSR count). The van der Waals surface area contributed by atoms with E-state index in [1.807, 2.05) is 6.92 Å². The molecule has 0 radical (unpaired) electrons. The second kappa shape index (κ2) is 6.12. The summed E-state index contributed by atoms with van der Waals surface area (Å²) in [5.41, 5.74) is 6.19. The maximum atomic E-state index is 9.14. The normalized spacial score (nSPS) is 12.2. The zero-order valence-electron chi connectivity index (χ0n) is 9.60. The molecule has 90 valence electrons. The van der Waals surface area contributed by atoms with Crippen molar-refractivity contribution in [3.63, 3.8) is 0 Å². The van der Waals surface area contributed by atoms with Crippen molar-refractivity contribution in [1.82, 2.24) is 9.97 Å². The van der Waals surface area contributed by atoms with Crippen molar-refractivity contribution >= 4 is 11.5 Å². The Labute approximate surface area is 94.9 Å². The Balaban J connectivity index is 2.70. The minimum Gasteiger partial charge on any atom is -0.476 e. The number of nitrogens with one attached hydrogen (secondary N) is 1. The number of rotatable bonds is 6. The summed E-state index contributed by atoms with van der Waals surface area (Å²) in [5.74, 6) is 0.868. The van der Waals surface area contributed by atoms with Gasteiger partial charge in [0.2, 0.25) is 5.88 Å². The van der Waals surface area contributed by atoms with Crippen LogP contribution >= 0.6 is 0 Å². The van der Waals surface area contributed by atoms with E-state index in [1.54, 1.807) is 6.92 Å². The largest absolute Gasteiger partial charge is 0.476 e. The summed E-state index contributed by atoms with van der Waals surface area (Å²) in [6.45, 7) is 4.63. The van der Waals surface area contributed by atoms with E-state index in [9.17, 15) is 0 Å². The second-order valence-corrected chi connectivity index (χ2v) is 3.52. The number of anilines is 2. The molecule has 1 unspecified atom stereocenters. The summed E-state index contributed by atoms with van der Waals surface area (Å²) in [5, 5.41) is 12.1. The number of nitrogen functional groups attached to an aromatic ring is 1. The van der Waals surface area contributed by atoms with Crippen LogP contribution in [0.4, 0.5) is 11.5 Å². The van der Waals surface area contributed by atoms with Gasteiger partial charge in [0.1, 0.15) is 12.0 Å². The minimum atomic E-state index is -0.464. The molecule has 1 aromatic heterocycles. The number of nitrogens with two attached hydrogens (primary N) is 1. The van der Waals surface area contributed by atoms with E-state index in [2.05, 4.69) is 15.3 Å². The highest BCUT2D eigenvalue weighted by atomic mass is 16.5. The van der Waals surface area contributed by atoms with E-state index in [-0.39, 0.29) is 0 Å². The average Bonchev–Trinajstić information content (AvgIpc) is 2.26. The first-order valence-corrected chi connectivity index (χ1v) is 5.30. The summed E-state index contributed by atoms with van der Waals surface area (Å²) < 4.78 is 5.35. The van der Waals surface area contributed by atoms with Gasteiger partial charge in [-0.1, -0.05) is 6.92 Å². The van der Waals surface area contributed by atoms with Crippen molar-refractivity contribution in [1.29, 1.82) is 0 Å². The predicted octanol–water partition coefficient (Wildman–Crippen LogP) is 0.640. The predicted molar refractivity (Wildman–Crippen MR) is 62.4 cm³/mol. The van der Waals surface area contributed by atoms with Crippen LogP contribution in [-0.2, 0) is 0 Å². The lowest BCUT2D eigenvalue weighted by Crippen LogP contribution is -2.17. The van der Waals surface area contributed by atoms with Crippen molar-refractivity contribution < 1.29 is 9.84 Å². The molecule has 0 aliphatic heterocycles. The maximum absolute atomic E-state index is 9.14. The Hall–Kier alpha value is -1.56. The van der Waals surface area contributed by atoms with Crippen LogP contribution in [0.3, 0.4) is 0 Å². The van der Waals surface area contributed by atoms with Crippen molar-refractivity contribution in [2.75, 3.05) is 24.2 Å². The van der Waals surface area contributed by atoms with Crippen LogP contribution in [0.15, 0.2) is 6.33 Å². The molecular formula is C10H18N4O2. The van der Waals surface area contributed by atoms with E-state index in [4.69, 9.17) is 15.6 Å². The first-order valence-electron chi connectivity index (χ1n) is 5.30. The highest BCUT2D eigenvalue weighted by Crippen LogP contribution is 2.24. The maximum Gasteiger partial charge on any atom is 0.242 e. The molecule has 0 spiro atoms. The molecule has 0 saturated heterocycles. The third-order valence-corrected chi connectivity index (χ3v) is 1.86. The fourth-order valence-corrected chi connectivity index (χ4v) is 1.08. The minimum absolute atomic E-state index is 0.372. The van der Waals surface area contributed by atoms with E-state index in [1.165, 1.54) is 6.33 Å². The number of aromatic nitrogens is 2. The van der Waals surface area contributed by atoms with Gasteiger partial charge in [-0.3, -0.25) is 0 Å². The van der Waals surface area contributed by atoms with Crippen molar-refractivity contribution in [2.45, 2.75) is 26.4 Å². The molecule has 0 aliphatic rings. The lowest BCUT2D eigenvalue weighted by Gasteiger charge is -2.12. The van der Waals surface area contributed by atoms with E-state index in [0.717, 1.165) is 6.42 Å². The summed E-state index contributed by atoms with van der Waals surface area (Å²) in [6.07, 6.45) is 1.81. The molecular weight excluding hydrogens is 208 g/mol. The van der Waals surface area contributed by atoms with Gasteiger partial charge in [-0.2, -0.15) is 4.98 Å². The quantitative estimate of drug-likeness (QED) is 0.659. The van der Waals surface area contributed by atoms with E-state index >= 15 is 0 Å². The number of hydrogen-bond donors (Lipinski definition) is 3. The van der Waals surface area contributed by atoms with Gasteiger partial charge >= 0.3 is 0 Å². The van der Waals surface area contributed by atoms with Gasteiger partial charge in [-0.05, 0) is 13.3 Å². The lowest BCUT2D eigenvalue weighted by molar-refractivity contribution is 0.208. The topological polar surface area (TPSA) is 93.3 Å². The fourth-order valence-electron chi connectivity index (χ4n) is 1.08. The highest BCUT2D eigenvalue weighted by Gasteiger charge is 2.09. The van der Waals surface area contributed by atoms with Crippen LogP contribution in [0.25, 0.3) is 0 Å². The molecule has 0 aromatic carbocycles. The molecule has 0 bridgehead atoms. The summed E-state index contributed by atoms with van der Waals surface area (Å²) in [7, 11) is 0. The Morgan fingerprint density at radius 3 is 2.94 bits per heavy atom. The molecule has 0 amide bonds. The molecule has 1 heterocycles. The Morgan fingerprint density at radius 2 is 2.31 bits per heavy atom. The zero-order valence-corrected chi connectivity index (χ0v) is 9.60. The van der Waals surface area contributed by atoms with Crippen molar-refractivity contribution in [3.05, 3.63) is 6.33 Å². The monoisotopic (exact) mass is 226 g/mol. The van der Waals surface area contributed by atoms with Gasteiger partial charge in [0, 0.05) is 6.54 Å². The van der Waals surface area contributed by atoms with Gasteiger partial charge in [0.15, 0.2) is 5.82 Å². The number of aliphatic hydroxyl groups is 1. The van der Waals surface area contributed by atoms with Crippen LogP contribution in [0, 0.1) is 0 Å². The van der Waals surface area contributed by atoms with Crippen molar-refractivity contribution in [3.8, 4) is 5.88 Å². The molecule has 0 saturated carbocycles. The van der Waals surface area contributed by atoms with Gasteiger partial charge in [-0.15, -0.1) is 0 Å².